The summed E-state index contributed by atoms with van der Waals surface area (Å²) in [5.74, 6) is 0.248. The molecule has 4 rings (SSSR count). The second kappa shape index (κ2) is 8.15. The third kappa shape index (κ3) is 4.24. The van der Waals surface area contributed by atoms with Crippen LogP contribution in [0.15, 0.2) is 42.5 Å². The van der Waals surface area contributed by atoms with Gasteiger partial charge in [0.2, 0.25) is 0 Å². The van der Waals surface area contributed by atoms with Crippen LogP contribution in [-0.4, -0.2) is 31.1 Å². The Kier molecular flexibility index (Phi) is 5.51. The van der Waals surface area contributed by atoms with E-state index in [1.165, 1.54) is 12.1 Å². The molecule has 0 unspecified atom stereocenters. The number of carbonyl (C=O) groups is 1. The molecule has 0 aliphatic carbocycles. The number of amides is 1. The molecule has 0 aliphatic heterocycles. The minimum absolute atomic E-state index is 0.360. The number of nitrogens with one attached hydrogen (secondary N) is 1. The maximum atomic E-state index is 12.9. The molecule has 0 saturated heterocycles. The molecular formula is C21H17F3N6OS. The number of benzene rings is 2. The third-order valence-corrected chi connectivity index (χ3v) is 5.99. The van der Waals surface area contributed by atoms with Crippen molar-refractivity contribution < 1.29 is 18.0 Å². The van der Waals surface area contributed by atoms with Gasteiger partial charge in [-0.2, -0.15) is 17.9 Å². The lowest BCUT2D eigenvalue weighted by atomic mass is 10.1. The van der Waals surface area contributed by atoms with Gasteiger partial charge in [0, 0.05) is 11.3 Å². The topological polar surface area (TPSA) is 85.6 Å². The van der Waals surface area contributed by atoms with Crippen LogP contribution in [0.5, 0.6) is 0 Å². The fourth-order valence-electron chi connectivity index (χ4n) is 3.09. The Balaban J connectivity index is 1.58. The lowest BCUT2D eigenvalue weighted by Gasteiger charge is -2.10. The molecule has 0 saturated carbocycles. The zero-order valence-corrected chi connectivity index (χ0v) is 18.0. The molecule has 32 heavy (non-hydrogen) atoms. The highest BCUT2D eigenvalue weighted by molar-refractivity contribution is 7.17. The second-order valence-electron chi connectivity index (χ2n) is 7.10. The molecule has 2 aromatic heterocycles. The molecule has 0 radical (unpaired) electrons. The van der Waals surface area contributed by atoms with Crippen molar-refractivity contribution in [2.75, 3.05) is 5.32 Å². The van der Waals surface area contributed by atoms with E-state index in [4.69, 9.17) is 0 Å². The van der Waals surface area contributed by atoms with Crippen molar-refractivity contribution in [3.8, 4) is 16.3 Å². The predicted molar refractivity (Wildman–Crippen MR) is 114 cm³/mol. The molecule has 1 N–H and O–H groups in total. The Hall–Kier alpha value is -3.60. The van der Waals surface area contributed by atoms with Gasteiger partial charge in [-0.3, -0.25) is 4.79 Å². The number of hydrogen-bond acceptors (Lipinski definition) is 6. The number of nitrogens with zero attached hydrogens (tertiary/aromatic N) is 5. The molecule has 11 heteroatoms. The zero-order chi connectivity index (χ0) is 23.0. The van der Waals surface area contributed by atoms with Gasteiger partial charge in [0.05, 0.1) is 16.9 Å². The maximum Gasteiger partial charge on any atom is 0.416 e. The summed E-state index contributed by atoms with van der Waals surface area (Å²) in [4.78, 5) is 17.6. The number of hydrogen-bond donors (Lipinski definition) is 1. The summed E-state index contributed by atoms with van der Waals surface area (Å²) in [6.45, 7) is 5.36. The molecule has 1 amide bonds. The largest absolute Gasteiger partial charge is 0.416 e. The molecule has 4 aromatic rings. The van der Waals surface area contributed by atoms with Gasteiger partial charge >= 0.3 is 6.18 Å². The molecule has 7 nitrogen and oxygen atoms in total. The molecule has 0 aliphatic rings. The van der Waals surface area contributed by atoms with Crippen LogP contribution in [0, 0.1) is 20.8 Å². The molecule has 0 spiro atoms. The van der Waals surface area contributed by atoms with Gasteiger partial charge in [-0.05, 0) is 61.0 Å². The van der Waals surface area contributed by atoms with Crippen molar-refractivity contribution in [2.45, 2.75) is 26.9 Å². The Morgan fingerprint density at radius 2 is 1.78 bits per heavy atom. The first kappa shape index (κ1) is 21.6. The van der Waals surface area contributed by atoms with E-state index < -0.39 is 11.7 Å². The van der Waals surface area contributed by atoms with Crippen LogP contribution in [-0.2, 0) is 6.18 Å². The first-order chi connectivity index (χ1) is 15.1. The summed E-state index contributed by atoms with van der Waals surface area (Å²) in [6.07, 6.45) is -4.41. The minimum atomic E-state index is -4.41. The quantitative estimate of drug-likeness (QED) is 0.466. The number of anilines is 1. The SMILES string of the molecule is Cc1ccc(NC(=O)c2sc(-c3ccc(C(F)(F)F)cc3)nc2C)cc1-n1nnnc1C. The van der Waals surface area contributed by atoms with E-state index in [0.29, 0.717) is 32.7 Å². The van der Waals surface area contributed by atoms with Crippen LogP contribution in [0.2, 0.25) is 0 Å². The number of tetrazole rings is 1. The summed E-state index contributed by atoms with van der Waals surface area (Å²) >= 11 is 1.12. The van der Waals surface area contributed by atoms with Gasteiger partial charge < -0.3 is 5.32 Å². The van der Waals surface area contributed by atoms with Crippen molar-refractivity contribution in [2.24, 2.45) is 0 Å². The van der Waals surface area contributed by atoms with Gasteiger partial charge in [-0.15, -0.1) is 16.4 Å². The average molecular weight is 458 g/mol. The van der Waals surface area contributed by atoms with E-state index in [9.17, 15) is 18.0 Å². The highest BCUT2D eigenvalue weighted by atomic mass is 32.1. The lowest BCUT2D eigenvalue weighted by Crippen LogP contribution is -2.12. The summed E-state index contributed by atoms with van der Waals surface area (Å²) in [5, 5.41) is 14.8. The van der Waals surface area contributed by atoms with Gasteiger partial charge in [0.1, 0.15) is 9.88 Å². The fraction of sp³-hybridized carbons (Fsp3) is 0.190. The first-order valence-corrected chi connectivity index (χ1v) is 10.3. The maximum absolute atomic E-state index is 12.9. The summed E-state index contributed by atoms with van der Waals surface area (Å²) in [5.41, 5.74) is 2.48. The van der Waals surface area contributed by atoms with Crippen LogP contribution in [0.25, 0.3) is 16.3 Å². The Morgan fingerprint density at radius 1 is 1.06 bits per heavy atom. The molecule has 2 aromatic carbocycles. The van der Waals surface area contributed by atoms with Gasteiger partial charge in [0.15, 0.2) is 5.82 Å². The molecule has 0 bridgehead atoms. The number of alkyl halides is 3. The van der Waals surface area contributed by atoms with Gasteiger partial charge in [-0.1, -0.05) is 18.2 Å². The normalized spacial score (nSPS) is 11.6. The van der Waals surface area contributed by atoms with Gasteiger partial charge in [-0.25, -0.2) is 4.98 Å². The summed E-state index contributed by atoms with van der Waals surface area (Å²) in [7, 11) is 0. The number of aryl methyl sites for hydroxylation is 3. The van der Waals surface area contributed by atoms with Crippen molar-refractivity contribution in [3.05, 3.63) is 70.0 Å². The number of rotatable bonds is 4. The first-order valence-electron chi connectivity index (χ1n) is 9.46. The molecule has 2 heterocycles. The average Bonchev–Trinajstić information content (AvgIpc) is 3.34. The fourth-order valence-corrected chi connectivity index (χ4v) is 4.06. The van der Waals surface area contributed by atoms with E-state index in [-0.39, 0.29) is 5.91 Å². The van der Waals surface area contributed by atoms with Crippen LogP contribution >= 0.6 is 11.3 Å². The smallest absolute Gasteiger partial charge is 0.321 e. The van der Waals surface area contributed by atoms with Crippen molar-refractivity contribution in [1.29, 1.82) is 0 Å². The summed E-state index contributed by atoms with van der Waals surface area (Å²) in [6, 6.07) is 10.1. The Labute approximate surface area is 184 Å². The van der Waals surface area contributed by atoms with E-state index in [2.05, 4.69) is 25.8 Å². The van der Waals surface area contributed by atoms with Crippen LogP contribution in [0.4, 0.5) is 18.9 Å². The van der Waals surface area contributed by atoms with Crippen molar-refractivity contribution in [1.82, 2.24) is 25.2 Å². The highest BCUT2D eigenvalue weighted by Crippen LogP contribution is 2.33. The predicted octanol–water partition coefficient (Wildman–Crippen LogP) is 4.98. The second-order valence-corrected chi connectivity index (χ2v) is 8.10. The number of thiazole rings is 1. The van der Waals surface area contributed by atoms with Crippen molar-refractivity contribution in [3.63, 3.8) is 0 Å². The van der Waals surface area contributed by atoms with Gasteiger partial charge in [0.25, 0.3) is 5.91 Å². The van der Waals surface area contributed by atoms with Crippen LogP contribution in [0.3, 0.4) is 0 Å². The number of halogens is 3. The minimum Gasteiger partial charge on any atom is -0.321 e. The molecule has 0 atom stereocenters. The molecule has 0 fully saturated rings. The Morgan fingerprint density at radius 3 is 2.41 bits per heavy atom. The molecular weight excluding hydrogens is 441 g/mol. The monoisotopic (exact) mass is 458 g/mol. The third-order valence-electron chi connectivity index (χ3n) is 4.78. The van der Waals surface area contributed by atoms with Crippen LogP contribution < -0.4 is 5.32 Å². The standard InChI is InChI=1S/C21H17F3N6OS/c1-11-4-9-16(10-17(11)30-13(3)27-28-29-30)26-19(31)18-12(2)25-20(32-18)14-5-7-15(8-6-14)21(22,23)24/h4-10H,1-3H3,(H,26,31). The zero-order valence-electron chi connectivity index (χ0n) is 17.2. The van der Waals surface area contributed by atoms with E-state index in [1.807, 2.05) is 13.0 Å². The number of carbonyl (C=O) groups excluding carboxylic acids is 1. The summed E-state index contributed by atoms with van der Waals surface area (Å²) < 4.78 is 39.9. The van der Waals surface area contributed by atoms with Crippen molar-refractivity contribution >= 4 is 22.9 Å². The number of aromatic nitrogens is 5. The molecule has 164 valence electrons. The lowest BCUT2D eigenvalue weighted by molar-refractivity contribution is -0.137. The van der Waals surface area contributed by atoms with E-state index in [1.54, 1.807) is 30.7 Å². The highest BCUT2D eigenvalue weighted by Gasteiger charge is 2.30. The van der Waals surface area contributed by atoms with E-state index in [0.717, 1.165) is 34.7 Å². The van der Waals surface area contributed by atoms with E-state index >= 15 is 0 Å². The Bertz CT molecular complexity index is 1290. The van der Waals surface area contributed by atoms with Crippen LogP contribution in [0.1, 0.15) is 32.3 Å².